The van der Waals surface area contributed by atoms with Gasteiger partial charge in [0.25, 0.3) is 0 Å². The Bertz CT molecular complexity index is 1030. The van der Waals surface area contributed by atoms with Gasteiger partial charge in [-0.15, -0.1) is 0 Å². The largest absolute Gasteiger partial charge is 0.462 e. The summed E-state index contributed by atoms with van der Waals surface area (Å²) in [6.07, 6.45) is 0.974. The van der Waals surface area contributed by atoms with Crippen molar-refractivity contribution in [3.63, 3.8) is 0 Å². The lowest BCUT2D eigenvalue weighted by Gasteiger charge is -2.22. The number of hydrogen-bond acceptors (Lipinski definition) is 6. The molecule has 0 aromatic heterocycles. The Morgan fingerprint density at radius 2 is 1.69 bits per heavy atom. The summed E-state index contributed by atoms with van der Waals surface area (Å²) in [5.41, 5.74) is 1.12. The van der Waals surface area contributed by atoms with E-state index in [1.54, 1.807) is 37.3 Å². The highest BCUT2D eigenvalue weighted by Crippen LogP contribution is 2.20. The van der Waals surface area contributed by atoms with E-state index >= 15 is 0 Å². The molecule has 0 saturated carbocycles. The Kier molecular flexibility index (Phi) is 7.11. The van der Waals surface area contributed by atoms with E-state index in [2.05, 4.69) is 5.32 Å². The summed E-state index contributed by atoms with van der Waals surface area (Å²) in [5.74, 6) is -1.35. The Morgan fingerprint density at radius 1 is 1.03 bits per heavy atom. The summed E-state index contributed by atoms with van der Waals surface area (Å²) in [6, 6.07) is 12.2. The van der Waals surface area contributed by atoms with Gasteiger partial charge in [-0.05, 0) is 44.2 Å². The van der Waals surface area contributed by atoms with Gasteiger partial charge >= 0.3 is 5.97 Å². The van der Waals surface area contributed by atoms with Crippen LogP contribution in [0.5, 0.6) is 0 Å². The zero-order chi connectivity index (χ0) is 21.6. The fourth-order valence-electron chi connectivity index (χ4n) is 2.55. The van der Waals surface area contributed by atoms with Gasteiger partial charge in [0.1, 0.15) is 6.54 Å². The zero-order valence-electron chi connectivity index (χ0n) is 16.3. The van der Waals surface area contributed by atoms with E-state index in [0.29, 0.717) is 11.3 Å². The summed E-state index contributed by atoms with van der Waals surface area (Å²) in [4.78, 5) is 35.9. The van der Waals surface area contributed by atoms with E-state index in [1.165, 1.54) is 25.1 Å². The zero-order valence-corrected chi connectivity index (χ0v) is 17.2. The molecule has 2 rings (SSSR count). The van der Waals surface area contributed by atoms with Gasteiger partial charge in [0, 0.05) is 11.3 Å². The molecular weight excluding hydrogens is 396 g/mol. The number of Topliss-reactive ketones (excluding diaryl/α,β-unsaturated/α-hetero) is 1. The first-order chi connectivity index (χ1) is 13.6. The van der Waals surface area contributed by atoms with Crippen molar-refractivity contribution in [2.24, 2.45) is 0 Å². The molecule has 0 aliphatic carbocycles. The number of amides is 1. The van der Waals surface area contributed by atoms with E-state index in [9.17, 15) is 22.8 Å². The molecule has 0 spiro atoms. The highest BCUT2D eigenvalue weighted by molar-refractivity contribution is 7.92. The summed E-state index contributed by atoms with van der Waals surface area (Å²) >= 11 is 0. The van der Waals surface area contributed by atoms with E-state index in [-0.39, 0.29) is 23.6 Å². The molecule has 29 heavy (non-hydrogen) atoms. The van der Waals surface area contributed by atoms with Crippen LogP contribution < -0.4 is 9.62 Å². The van der Waals surface area contributed by atoms with Crippen LogP contribution in [-0.4, -0.2) is 45.5 Å². The number of hydrogen-bond donors (Lipinski definition) is 1. The number of ether oxygens (including phenoxy) is 1. The van der Waals surface area contributed by atoms with E-state index < -0.39 is 28.4 Å². The number of nitrogens with zero attached hydrogens (tertiary/aromatic N) is 1. The third-order valence-electron chi connectivity index (χ3n) is 3.89. The molecule has 9 heteroatoms. The van der Waals surface area contributed by atoms with Crippen LogP contribution in [0.3, 0.4) is 0 Å². The smallest absolute Gasteiger partial charge is 0.338 e. The number of carbonyl (C=O) groups excluding carboxylic acids is 3. The number of benzene rings is 2. The molecule has 8 nitrogen and oxygen atoms in total. The van der Waals surface area contributed by atoms with Gasteiger partial charge in [-0.25, -0.2) is 13.2 Å². The van der Waals surface area contributed by atoms with E-state index in [4.69, 9.17) is 4.74 Å². The predicted molar refractivity (Wildman–Crippen MR) is 110 cm³/mol. The second-order valence-corrected chi connectivity index (χ2v) is 8.13. The van der Waals surface area contributed by atoms with Crippen LogP contribution in [0.1, 0.15) is 34.6 Å². The molecule has 1 amide bonds. The van der Waals surface area contributed by atoms with Gasteiger partial charge in [0.2, 0.25) is 15.9 Å². The van der Waals surface area contributed by atoms with Gasteiger partial charge in [0.15, 0.2) is 5.78 Å². The second kappa shape index (κ2) is 9.33. The first kappa shape index (κ1) is 22.1. The fourth-order valence-corrected chi connectivity index (χ4v) is 3.40. The number of rotatable bonds is 8. The number of sulfonamides is 1. The molecule has 0 atom stereocenters. The van der Waals surface area contributed by atoms with Gasteiger partial charge in [-0.3, -0.25) is 13.9 Å². The van der Waals surface area contributed by atoms with Gasteiger partial charge in [-0.2, -0.15) is 0 Å². The summed E-state index contributed by atoms with van der Waals surface area (Å²) in [6.45, 7) is 2.78. The number of ketones is 1. The molecule has 2 aromatic rings. The minimum atomic E-state index is -3.79. The van der Waals surface area contributed by atoms with Crippen LogP contribution in [0.4, 0.5) is 11.4 Å². The van der Waals surface area contributed by atoms with Crippen LogP contribution in [0.15, 0.2) is 48.5 Å². The van der Waals surface area contributed by atoms with E-state index in [1.807, 2.05) is 0 Å². The third-order valence-corrected chi connectivity index (χ3v) is 5.03. The molecular formula is C20H22N2O6S. The first-order valence-corrected chi connectivity index (χ1v) is 10.6. The van der Waals surface area contributed by atoms with Crippen LogP contribution in [0.2, 0.25) is 0 Å². The van der Waals surface area contributed by atoms with Crippen molar-refractivity contribution in [2.75, 3.05) is 29.0 Å². The van der Waals surface area contributed by atoms with Gasteiger partial charge in [-0.1, -0.05) is 18.2 Å². The van der Waals surface area contributed by atoms with Crippen molar-refractivity contribution < 1.29 is 27.5 Å². The molecule has 1 N–H and O–H groups in total. The average molecular weight is 418 g/mol. The van der Waals surface area contributed by atoms with Crippen molar-refractivity contribution in [3.05, 3.63) is 59.7 Å². The topological polar surface area (TPSA) is 110 Å². The van der Waals surface area contributed by atoms with Gasteiger partial charge in [0.05, 0.1) is 24.1 Å². The minimum Gasteiger partial charge on any atom is -0.462 e. The molecule has 154 valence electrons. The Hall–Kier alpha value is -3.20. The van der Waals surface area contributed by atoms with E-state index in [0.717, 1.165) is 10.6 Å². The van der Waals surface area contributed by atoms with Crippen molar-refractivity contribution >= 4 is 39.1 Å². The molecule has 0 radical (unpaired) electrons. The highest BCUT2D eigenvalue weighted by atomic mass is 32.2. The van der Waals surface area contributed by atoms with Crippen LogP contribution in [0, 0.1) is 0 Å². The third kappa shape index (κ3) is 6.15. The standard InChI is InChI=1S/C20H22N2O6S/c1-4-28-20(25)16-8-5-9-17(11-16)21-19(24)13-22(29(3,26)27)18-10-6-7-15(12-18)14(2)23/h5-12H,4,13H2,1-3H3,(H,21,24). The quantitative estimate of drug-likeness (QED) is 0.521. The fraction of sp³-hybridized carbons (Fsp3) is 0.250. The lowest BCUT2D eigenvalue weighted by atomic mass is 10.1. The molecule has 0 aliphatic rings. The molecule has 0 aliphatic heterocycles. The molecule has 0 fully saturated rings. The van der Waals surface area contributed by atoms with Crippen molar-refractivity contribution in [2.45, 2.75) is 13.8 Å². The first-order valence-electron chi connectivity index (χ1n) is 8.77. The second-order valence-electron chi connectivity index (χ2n) is 6.23. The predicted octanol–water partition coefficient (Wildman–Crippen LogP) is 2.47. The normalized spacial score (nSPS) is 10.9. The Morgan fingerprint density at radius 3 is 2.31 bits per heavy atom. The van der Waals surface area contributed by atoms with Crippen LogP contribution >= 0.6 is 0 Å². The van der Waals surface area contributed by atoms with Crippen molar-refractivity contribution in [1.29, 1.82) is 0 Å². The minimum absolute atomic E-state index is 0.204. The van der Waals surface area contributed by atoms with Crippen LogP contribution in [-0.2, 0) is 19.6 Å². The average Bonchev–Trinajstić information content (AvgIpc) is 2.65. The summed E-state index contributed by atoms with van der Waals surface area (Å²) < 4.78 is 30.3. The van der Waals surface area contributed by atoms with Crippen molar-refractivity contribution in [1.82, 2.24) is 0 Å². The molecule has 0 heterocycles. The van der Waals surface area contributed by atoms with Crippen molar-refractivity contribution in [3.8, 4) is 0 Å². The Balaban J connectivity index is 2.22. The maximum absolute atomic E-state index is 12.5. The monoisotopic (exact) mass is 418 g/mol. The molecule has 0 unspecified atom stereocenters. The number of carbonyl (C=O) groups is 3. The van der Waals surface area contributed by atoms with Gasteiger partial charge < -0.3 is 10.1 Å². The lowest BCUT2D eigenvalue weighted by Crippen LogP contribution is -2.37. The SMILES string of the molecule is CCOC(=O)c1cccc(NC(=O)CN(c2cccc(C(C)=O)c2)S(C)(=O)=O)c1. The number of nitrogens with one attached hydrogen (secondary N) is 1. The highest BCUT2D eigenvalue weighted by Gasteiger charge is 2.22. The summed E-state index contributed by atoms with van der Waals surface area (Å²) in [5, 5.41) is 2.57. The van der Waals surface area contributed by atoms with Crippen LogP contribution in [0.25, 0.3) is 0 Å². The molecule has 0 bridgehead atoms. The summed E-state index contributed by atoms with van der Waals surface area (Å²) in [7, 11) is -3.79. The maximum atomic E-state index is 12.5. The molecule has 2 aromatic carbocycles. The number of anilines is 2. The lowest BCUT2D eigenvalue weighted by molar-refractivity contribution is -0.114. The maximum Gasteiger partial charge on any atom is 0.338 e. The Labute approximate surface area is 169 Å². The molecule has 0 saturated heterocycles. The number of esters is 1.